The van der Waals surface area contributed by atoms with E-state index in [1.807, 2.05) is 13.0 Å². The van der Waals surface area contributed by atoms with Gasteiger partial charge in [-0.3, -0.25) is 5.10 Å². The molecule has 1 aliphatic rings. The number of pyridine rings is 1. The number of aromatic nitrogens is 3. The van der Waals surface area contributed by atoms with Crippen LogP contribution >= 0.6 is 0 Å². The number of benzene rings is 1. The first-order valence-electron chi connectivity index (χ1n) is 8.10. The van der Waals surface area contributed by atoms with E-state index in [4.69, 9.17) is 4.74 Å². The third-order valence-corrected chi connectivity index (χ3v) is 4.55. The Kier molecular flexibility index (Phi) is 3.53. The van der Waals surface area contributed by atoms with Crippen LogP contribution in [0.2, 0.25) is 0 Å². The maximum absolute atomic E-state index is 11.7. The zero-order chi connectivity index (χ0) is 17.4. The average Bonchev–Trinajstić information content (AvgIpc) is 3.21. The molecule has 1 unspecified atom stereocenters. The summed E-state index contributed by atoms with van der Waals surface area (Å²) in [7, 11) is 0. The van der Waals surface area contributed by atoms with Crippen molar-refractivity contribution in [3.63, 3.8) is 0 Å². The molecule has 4 rings (SSSR count). The Balaban J connectivity index is 1.88. The summed E-state index contributed by atoms with van der Waals surface area (Å²) in [5.74, 6) is 0. The van der Waals surface area contributed by atoms with Crippen LogP contribution in [0.1, 0.15) is 17.5 Å². The molecule has 0 aliphatic carbocycles. The number of nitrogens with zero attached hydrogens (tertiary/aromatic N) is 2. The zero-order valence-electron chi connectivity index (χ0n) is 13.9. The van der Waals surface area contributed by atoms with Crippen LogP contribution in [0.3, 0.4) is 0 Å². The highest BCUT2D eigenvalue weighted by atomic mass is 16.6. The van der Waals surface area contributed by atoms with Gasteiger partial charge in [-0.05, 0) is 35.7 Å². The van der Waals surface area contributed by atoms with Crippen molar-refractivity contribution in [2.75, 3.05) is 6.54 Å². The van der Waals surface area contributed by atoms with Crippen molar-refractivity contribution in [1.82, 2.24) is 20.5 Å². The van der Waals surface area contributed by atoms with Crippen molar-refractivity contribution in [3.05, 3.63) is 60.4 Å². The van der Waals surface area contributed by atoms with Gasteiger partial charge in [0, 0.05) is 18.0 Å². The number of nitrogens with one attached hydrogen (secondary N) is 2. The number of amides is 1. The van der Waals surface area contributed by atoms with Crippen molar-refractivity contribution in [1.29, 1.82) is 0 Å². The van der Waals surface area contributed by atoms with E-state index in [-0.39, 0.29) is 0 Å². The molecule has 2 aromatic heterocycles. The third-order valence-electron chi connectivity index (χ3n) is 4.55. The molecule has 1 atom stereocenters. The standard InChI is InChI=1S/C19H18N4O2/c1-3-5-19(11-21-18(24)25-19)14-8-12(2)7-13(9-14)15-4-6-20-17-16(15)10-22-23-17/h3-4,6-10H,1,5,11H2,2H3,(H,21,24)(H,20,22,23). The number of hydrogen-bond donors (Lipinski definition) is 2. The number of H-pyrrole nitrogens is 1. The van der Waals surface area contributed by atoms with Crippen LogP contribution in [-0.2, 0) is 10.3 Å². The normalized spacial score (nSPS) is 19.6. The van der Waals surface area contributed by atoms with Crippen LogP contribution in [0.5, 0.6) is 0 Å². The molecule has 126 valence electrons. The number of aromatic amines is 1. The Morgan fingerprint density at radius 2 is 2.28 bits per heavy atom. The number of carbonyl (C=O) groups excluding carboxylic acids is 1. The highest BCUT2D eigenvalue weighted by molar-refractivity contribution is 5.92. The van der Waals surface area contributed by atoms with Gasteiger partial charge in [-0.1, -0.05) is 23.8 Å². The molecule has 3 heterocycles. The first-order valence-corrected chi connectivity index (χ1v) is 8.10. The minimum atomic E-state index is -0.720. The van der Waals surface area contributed by atoms with Crippen molar-refractivity contribution in [2.45, 2.75) is 18.9 Å². The lowest BCUT2D eigenvalue weighted by molar-refractivity contribution is 0.0570. The van der Waals surface area contributed by atoms with Gasteiger partial charge >= 0.3 is 6.09 Å². The second kappa shape index (κ2) is 5.73. The summed E-state index contributed by atoms with van der Waals surface area (Å²) in [6, 6.07) is 8.20. The number of alkyl carbamates (subject to hydrolysis) is 1. The molecule has 0 saturated carbocycles. The van der Waals surface area contributed by atoms with Gasteiger partial charge in [0.15, 0.2) is 11.2 Å². The average molecular weight is 334 g/mol. The SMILES string of the molecule is C=CCC1(c2cc(C)cc(-c3ccnc4[nH]ncc34)c2)CNC(=O)O1. The summed E-state index contributed by atoms with van der Waals surface area (Å²) in [4.78, 5) is 16.0. The number of fused-ring (bicyclic) bond motifs is 1. The number of rotatable bonds is 4. The van der Waals surface area contributed by atoms with E-state index < -0.39 is 11.7 Å². The molecule has 1 fully saturated rings. The van der Waals surface area contributed by atoms with Gasteiger partial charge in [-0.15, -0.1) is 6.58 Å². The predicted octanol–water partition coefficient (Wildman–Crippen LogP) is 3.44. The molecular weight excluding hydrogens is 316 g/mol. The van der Waals surface area contributed by atoms with Gasteiger partial charge in [-0.2, -0.15) is 5.10 Å². The molecule has 1 amide bonds. The van der Waals surface area contributed by atoms with Crippen LogP contribution in [-0.4, -0.2) is 27.8 Å². The van der Waals surface area contributed by atoms with E-state index >= 15 is 0 Å². The molecule has 0 spiro atoms. The van der Waals surface area contributed by atoms with Gasteiger partial charge in [0.2, 0.25) is 0 Å². The van der Waals surface area contributed by atoms with E-state index in [1.54, 1.807) is 18.5 Å². The van der Waals surface area contributed by atoms with Gasteiger partial charge in [-0.25, -0.2) is 9.78 Å². The summed E-state index contributed by atoms with van der Waals surface area (Å²) in [5, 5.41) is 10.7. The molecule has 3 aromatic rings. The first-order chi connectivity index (χ1) is 12.1. The quantitative estimate of drug-likeness (QED) is 0.716. The lowest BCUT2D eigenvalue weighted by Crippen LogP contribution is -2.30. The fourth-order valence-electron chi connectivity index (χ4n) is 3.39. The Hall–Kier alpha value is -3.15. The summed E-state index contributed by atoms with van der Waals surface area (Å²) in [6.45, 7) is 6.28. The monoisotopic (exact) mass is 334 g/mol. The molecule has 2 N–H and O–H groups in total. The summed E-state index contributed by atoms with van der Waals surface area (Å²) < 4.78 is 5.64. The minimum Gasteiger partial charge on any atom is -0.436 e. The van der Waals surface area contributed by atoms with E-state index in [9.17, 15) is 4.79 Å². The molecule has 25 heavy (non-hydrogen) atoms. The van der Waals surface area contributed by atoms with Crippen molar-refractivity contribution in [3.8, 4) is 11.1 Å². The highest BCUT2D eigenvalue weighted by Crippen LogP contribution is 2.37. The lowest BCUT2D eigenvalue weighted by Gasteiger charge is -2.26. The molecule has 1 aliphatic heterocycles. The summed E-state index contributed by atoms with van der Waals surface area (Å²) in [6.07, 6.45) is 5.46. The highest BCUT2D eigenvalue weighted by Gasteiger charge is 2.41. The number of ether oxygens (including phenoxy) is 1. The van der Waals surface area contributed by atoms with E-state index in [2.05, 4.69) is 45.3 Å². The number of cyclic esters (lactones) is 1. The topological polar surface area (TPSA) is 79.9 Å². The van der Waals surface area contributed by atoms with Crippen molar-refractivity contribution < 1.29 is 9.53 Å². The molecule has 1 aromatic carbocycles. The van der Waals surface area contributed by atoms with E-state index in [0.717, 1.165) is 33.3 Å². The smallest absolute Gasteiger partial charge is 0.408 e. The number of carbonyl (C=O) groups is 1. The van der Waals surface area contributed by atoms with Crippen LogP contribution < -0.4 is 5.32 Å². The van der Waals surface area contributed by atoms with Gasteiger partial charge in [0.1, 0.15) is 0 Å². The van der Waals surface area contributed by atoms with Gasteiger partial charge in [0.05, 0.1) is 12.7 Å². The third kappa shape index (κ3) is 2.55. The molecule has 6 heteroatoms. The number of aryl methyl sites for hydroxylation is 1. The van der Waals surface area contributed by atoms with E-state index in [0.29, 0.717) is 13.0 Å². The van der Waals surface area contributed by atoms with Crippen LogP contribution in [0.15, 0.2) is 49.3 Å². The maximum Gasteiger partial charge on any atom is 0.408 e. The largest absolute Gasteiger partial charge is 0.436 e. The van der Waals surface area contributed by atoms with Crippen molar-refractivity contribution >= 4 is 17.1 Å². The van der Waals surface area contributed by atoms with Crippen LogP contribution in [0, 0.1) is 6.92 Å². The maximum atomic E-state index is 11.7. The van der Waals surface area contributed by atoms with E-state index in [1.165, 1.54) is 0 Å². The Labute approximate surface area is 144 Å². The van der Waals surface area contributed by atoms with Crippen LogP contribution in [0.25, 0.3) is 22.2 Å². The number of hydrogen-bond acceptors (Lipinski definition) is 4. The second-order valence-corrected chi connectivity index (χ2v) is 6.31. The van der Waals surface area contributed by atoms with Crippen LogP contribution in [0.4, 0.5) is 4.79 Å². The molecule has 1 saturated heterocycles. The Morgan fingerprint density at radius 1 is 1.40 bits per heavy atom. The Morgan fingerprint density at radius 3 is 3.04 bits per heavy atom. The first kappa shape index (κ1) is 15.4. The fourth-order valence-corrected chi connectivity index (χ4v) is 3.39. The summed E-state index contributed by atoms with van der Waals surface area (Å²) in [5.41, 5.74) is 4.14. The molecule has 6 nitrogen and oxygen atoms in total. The molecule has 0 bridgehead atoms. The predicted molar refractivity (Wildman–Crippen MR) is 95.0 cm³/mol. The lowest BCUT2D eigenvalue weighted by atomic mass is 9.87. The minimum absolute atomic E-state index is 0.397. The molecule has 0 radical (unpaired) electrons. The second-order valence-electron chi connectivity index (χ2n) is 6.31. The zero-order valence-corrected chi connectivity index (χ0v) is 13.9. The fraction of sp³-hybridized carbons (Fsp3) is 0.211. The summed E-state index contributed by atoms with van der Waals surface area (Å²) >= 11 is 0. The molecular formula is C19H18N4O2. The Bertz CT molecular complexity index is 978. The van der Waals surface area contributed by atoms with Gasteiger partial charge in [0.25, 0.3) is 0 Å². The van der Waals surface area contributed by atoms with Crippen molar-refractivity contribution in [2.24, 2.45) is 0 Å². The van der Waals surface area contributed by atoms with Gasteiger partial charge < -0.3 is 10.1 Å².